The number of hydrogen-bond donors (Lipinski definition) is 0. The number of azide groups is 2. The molecule has 8 heteroatoms. The Bertz CT molecular complexity index is 1260. The van der Waals surface area contributed by atoms with Crippen molar-refractivity contribution in [1.82, 2.24) is 4.98 Å². The van der Waals surface area contributed by atoms with Gasteiger partial charge in [0.1, 0.15) is 0 Å². The fourth-order valence-corrected chi connectivity index (χ4v) is 3.69. The maximum absolute atomic E-state index is 8.64. The fourth-order valence-electron chi connectivity index (χ4n) is 3.28. The van der Waals surface area contributed by atoms with Crippen LogP contribution in [0.5, 0.6) is 0 Å². The largest absolute Gasteiger partial charge is 0.248 e. The monoisotopic (exact) mass is 435 g/mol. The van der Waals surface area contributed by atoms with Crippen LogP contribution in [0.1, 0.15) is 0 Å². The number of nitrogens with zero attached hydrogens (tertiary/aromatic N) is 7. The quantitative estimate of drug-likeness (QED) is 0.130. The summed E-state index contributed by atoms with van der Waals surface area (Å²) in [5.41, 5.74) is 23.9. The van der Waals surface area contributed by atoms with Gasteiger partial charge in [0, 0.05) is 37.2 Å². The first-order chi connectivity index (χ1) is 15.7. The topological polar surface area (TPSA) is 110 Å². The molecule has 3 aromatic carbocycles. The minimum atomic E-state index is 0.550. The van der Waals surface area contributed by atoms with Crippen molar-refractivity contribution in [2.75, 3.05) is 6.26 Å². The van der Waals surface area contributed by atoms with Gasteiger partial charge in [0.05, 0.1) is 11.4 Å². The Kier molecular flexibility index (Phi) is 6.39. The molecule has 1 aromatic heterocycles. The third-order valence-corrected chi connectivity index (χ3v) is 5.64. The molecule has 4 aromatic rings. The highest BCUT2D eigenvalue weighted by molar-refractivity contribution is 7.98. The highest BCUT2D eigenvalue weighted by Gasteiger charge is 2.09. The lowest BCUT2D eigenvalue weighted by molar-refractivity contribution is 1.32. The van der Waals surface area contributed by atoms with E-state index in [2.05, 4.69) is 62.7 Å². The first-order valence-electron chi connectivity index (χ1n) is 9.68. The van der Waals surface area contributed by atoms with Crippen LogP contribution in [0.3, 0.4) is 0 Å². The van der Waals surface area contributed by atoms with Crippen LogP contribution in [0.15, 0.2) is 100 Å². The summed E-state index contributed by atoms with van der Waals surface area (Å²) >= 11 is 1.70. The second-order valence-electron chi connectivity index (χ2n) is 6.83. The molecule has 0 fully saturated rings. The van der Waals surface area contributed by atoms with Gasteiger partial charge in [-0.3, -0.25) is 0 Å². The summed E-state index contributed by atoms with van der Waals surface area (Å²) in [5, 5.41) is 7.27. The fraction of sp³-hybridized carbons (Fsp3) is 0.0417. The van der Waals surface area contributed by atoms with E-state index in [1.807, 2.05) is 24.3 Å². The number of hydrogen-bond acceptors (Lipinski definition) is 4. The van der Waals surface area contributed by atoms with E-state index in [0.717, 1.165) is 33.6 Å². The molecule has 154 valence electrons. The van der Waals surface area contributed by atoms with Gasteiger partial charge in [0.25, 0.3) is 0 Å². The van der Waals surface area contributed by atoms with Crippen molar-refractivity contribution in [3.05, 3.63) is 106 Å². The van der Waals surface area contributed by atoms with E-state index in [1.54, 1.807) is 36.0 Å². The first kappa shape index (κ1) is 21.0. The number of pyridine rings is 1. The highest BCUT2D eigenvalue weighted by Crippen LogP contribution is 2.32. The molecule has 0 unspecified atom stereocenters. The van der Waals surface area contributed by atoms with E-state index < -0.39 is 0 Å². The van der Waals surface area contributed by atoms with Crippen LogP contribution in [0.4, 0.5) is 11.4 Å². The summed E-state index contributed by atoms with van der Waals surface area (Å²) in [7, 11) is 0. The van der Waals surface area contributed by atoms with Gasteiger partial charge in [-0.15, -0.1) is 11.8 Å². The molecular formula is C24H17N7S. The average Bonchev–Trinajstić information content (AvgIpc) is 2.85. The van der Waals surface area contributed by atoms with E-state index in [9.17, 15) is 0 Å². The zero-order valence-electron chi connectivity index (χ0n) is 17.1. The SMILES string of the molecule is CSc1ccc(-c2cc(-c3ccc(N=[N+]=[N-])cc3)nc(-c3ccc(N=[N+]=[N-])cc3)c2)cc1. The van der Waals surface area contributed by atoms with Crippen molar-refractivity contribution >= 4 is 23.1 Å². The van der Waals surface area contributed by atoms with Crippen molar-refractivity contribution in [3.8, 4) is 33.6 Å². The molecular weight excluding hydrogens is 418 g/mol. The van der Waals surface area contributed by atoms with Crippen LogP contribution in [0.2, 0.25) is 0 Å². The number of aromatic nitrogens is 1. The van der Waals surface area contributed by atoms with Crippen molar-refractivity contribution in [2.45, 2.75) is 4.90 Å². The first-order valence-corrected chi connectivity index (χ1v) is 10.9. The lowest BCUT2D eigenvalue weighted by atomic mass is 10.00. The summed E-state index contributed by atoms with van der Waals surface area (Å²) < 4.78 is 0. The zero-order chi connectivity index (χ0) is 22.3. The van der Waals surface area contributed by atoms with E-state index in [1.165, 1.54) is 4.90 Å². The van der Waals surface area contributed by atoms with Crippen LogP contribution in [0, 0.1) is 0 Å². The molecule has 0 aliphatic carbocycles. The normalized spacial score (nSPS) is 10.2. The third-order valence-electron chi connectivity index (χ3n) is 4.90. The summed E-state index contributed by atoms with van der Waals surface area (Å²) in [4.78, 5) is 11.7. The molecule has 0 aliphatic rings. The average molecular weight is 436 g/mol. The Morgan fingerprint density at radius 3 is 1.47 bits per heavy atom. The molecule has 0 bridgehead atoms. The van der Waals surface area contributed by atoms with E-state index >= 15 is 0 Å². The molecule has 1 heterocycles. The standard InChI is InChI=1S/C24H17N7S/c1-32-22-12-6-16(7-13-22)19-14-23(17-2-8-20(9-3-17)28-30-25)27-24(15-19)18-4-10-21(11-5-18)29-31-26/h2-15H,1H3. The van der Waals surface area contributed by atoms with Gasteiger partial charge in [-0.1, -0.05) is 70.9 Å². The second kappa shape index (κ2) is 9.73. The summed E-state index contributed by atoms with van der Waals surface area (Å²) in [6.07, 6.45) is 2.05. The Balaban J connectivity index is 1.83. The molecule has 32 heavy (non-hydrogen) atoms. The molecule has 0 amide bonds. The third kappa shape index (κ3) is 4.74. The van der Waals surface area contributed by atoms with Crippen LogP contribution in [0.25, 0.3) is 54.5 Å². The predicted octanol–water partition coefficient (Wildman–Crippen LogP) is 8.69. The van der Waals surface area contributed by atoms with Crippen LogP contribution < -0.4 is 0 Å². The molecule has 0 aliphatic heterocycles. The summed E-state index contributed by atoms with van der Waals surface area (Å²) in [5.74, 6) is 0. The molecule has 0 N–H and O–H groups in total. The Hall–Kier alpha value is -4.22. The number of benzene rings is 3. The van der Waals surface area contributed by atoms with Crippen molar-refractivity contribution in [3.63, 3.8) is 0 Å². The number of thioether (sulfide) groups is 1. The maximum atomic E-state index is 8.64. The minimum Gasteiger partial charge on any atom is -0.248 e. The summed E-state index contributed by atoms with van der Waals surface area (Å²) in [6, 6.07) is 27.1. The van der Waals surface area contributed by atoms with E-state index in [4.69, 9.17) is 16.0 Å². The Labute approximate surface area is 189 Å². The molecule has 0 spiro atoms. The van der Waals surface area contributed by atoms with E-state index in [-0.39, 0.29) is 0 Å². The van der Waals surface area contributed by atoms with Gasteiger partial charge in [0.2, 0.25) is 0 Å². The van der Waals surface area contributed by atoms with Crippen molar-refractivity contribution in [1.29, 1.82) is 0 Å². The predicted molar refractivity (Wildman–Crippen MR) is 130 cm³/mol. The number of rotatable bonds is 6. The van der Waals surface area contributed by atoms with E-state index in [0.29, 0.717) is 11.4 Å². The highest BCUT2D eigenvalue weighted by atomic mass is 32.2. The summed E-state index contributed by atoms with van der Waals surface area (Å²) in [6.45, 7) is 0. The molecule has 7 nitrogen and oxygen atoms in total. The Morgan fingerprint density at radius 2 is 1.06 bits per heavy atom. The molecule has 4 rings (SSSR count). The second-order valence-corrected chi connectivity index (χ2v) is 7.71. The van der Waals surface area contributed by atoms with Crippen molar-refractivity contribution < 1.29 is 0 Å². The van der Waals surface area contributed by atoms with Gasteiger partial charge in [-0.2, -0.15) is 0 Å². The molecule has 0 radical (unpaired) electrons. The maximum Gasteiger partial charge on any atom is 0.0715 e. The lowest BCUT2D eigenvalue weighted by Crippen LogP contribution is -1.91. The van der Waals surface area contributed by atoms with Gasteiger partial charge in [0.15, 0.2) is 0 Å². The van der Waals surface area contributed by atoms with Crippen molar-refractivity contribution in [2.24, 2.45) is 10.2 Å². The van der Waals surface area contributed by atoms with Crippen LogP contribution in [-0.4, -0.2) is 11.2 Å². The molecule has 0 saturated carbocycles. The van der Waals surface area contributed by atoms with Gasteiger partial charge in [-0.05, 0) is 52.7 Å². The lowest BCUT2D eigenvalue weighted by Gasteiger charge is -2.11. The van der Waals surface area contributed by atoms with Crippen LogP contribution >= 0.6 is 11.8 Å². The van der Waals surface area contributed by atoms with Gasteiger partial charge in [-0.25, -0.2) is 4.98 Å². The minimum absolute atomic E-state index is 0.550. The smallest absolute Gasteiger partial charge is 0.0715 e. The molecule has 0 atom stereocenters. The Morgan fingerprint density at radius 1 is 0.625 bits per heavy atom. The zero-order valence-corrected chi connectivity index (χ0v) is 17.9. The van der Waals surface area contributed by atoms with Gasteiger partial charge >= 0.3 is 0 Å². The molecule has 0 saturated heterocycles. The van der Waals surface area contributed by atoms with Gasteiger partial charge < -0.3 is 0 Å². The van der Waals surface area contributed by atoms with Crippen LogP contribution in [-0.2, 0) is 0 Å².